The second-order valence-electron chi connectivity index (χ2n) is 4.97. The number of hydrogen-bond donors (Lipinski definition) is 1. The van der Waals surface area contributed by atoms with Crippen molar-refractivity contribution in [3.8, 4) is 0 Å². The lowest BCUT2D eigenvalue weighted by Crippen LogP contribution is -2.31. The summed E-state index contributed by atoms with van der Waals surface area (Å²) >= 11 is 3.46. The molecule has 96 valence electrons. The van der Waals surface area contributed by atoms with E-state index in [0.717, 1.165) is 40.3 Å². The Morgan fingerprint density at radius 1 is 1.50 bits per heavy atom. The molecular weight excluding hydrogens is 292 g/mol. The maximum atomic E-state index is 5.86. The molecule has 0 saturated carbocycles. The molecule has 0 radical (unpaired) electrons. The minimum Gasteiger partial charge on any atom is -0.439 e. The number of hydrogen-bond acceptors (Lipinski definition) is 3. The molecule has 18 heavy (non-hydrogen) atoms. The highest BCUT2D eigenvalue weighted by molar-refractivity contribution is 9.10. The molecule has 3 nitrogen and oxygen atoms in total. The van der Waals surface area contributed by atoms with Crippen LogP contribution in [-0.2, 0) is 0 Å². The van der Waals surface area contributed by atoms with E-state index in [4.69, 9.17) is 4.42 Å². The topological polar surface area (TPSA) is 38.1 Å². The average Bonchev–Trinajstić information content (AvgIpc) is 2.81. The Morgan fingerprint density at radius 2 is 2.39 bits per heavy atom. The summed E-state index contributed by atoms with van der Waals surface area (Å²) in [5, 5.41) is 3.51. The number of benzene rings is 1. The zero-order chi connectivity index (χ0) is 12.5. The van der Waals surface area contributed by atoms with Crippen molar-refractivity contribution in [2.75, 3.05) is 6.54 Å². The first-order valence-corrected chi connectivity index (χ1v) is 7.35. The summed E-state index contributed by atoms with van der Waals surface area (Å²) in [5.41, 5.74) is 1.80. The van der Waals surface area contributed by atoms with E-state index in [1.165, 1.54) is 12.8 Å². The Hall–Kier alpha value is -0.870. The summed E-state index contributed by atoms with van der Waals surface area (Å²) in [4.78, 5) is 4.61. The number of piperidine rings is 1. The predicted molar refractivity (Wildman–Crippen MR) is 75.5 cm³/mol. The van der Waals surface area contributed by atoms with E-state index in [9.17, 15) is 0 Å². The summed E-state index contributed by atoms with van der Waals surface area (Å²) in [6.07, 6.45) is 3.63. The number of aromatic nitrogens is 1. The van der Waals surface area contributed by atoms with Crippen molar-refractivity contribution < 1.29 is 4.42 Å². The third kappa shape index (κ3) is 2.31. The van der Waals surface area contributed by atoms with Crippen molar-refractivity contribution in [2.45, 2.75) is 32.2 Å². The van der Waals surface area contributed by atoms with Gasteiger partial charge in [0, 0.05) is 4.47 Å². The summed E-state index contributed by atoms with van der Waals surface area (Å²) in [6.45, 7) is 3.32. The van der Waals surface area contributed by atoms with Gasteiger partial charge in [-0.2, -0.15) is 0 Å². The molecule has 1 aliphatic heterocycles. The number of oxazole rings is 1. The van der Waals surface area contributed by atoms with Gasteiger partial charge in [-0.3, -0.25) is 0 Å². The molecule has 2 atom stereocenters. The highest BCUT2D eigenvalue weighted by Crippen LogP contribution is 2.31. The molecule has 1 aromatic heterocycles. The highest BCUT2D eigenvalue weighted by Gasteiger charge is 2.25. The van der Waals surface area contributed by atoms with Crippen LogP contribution in [0, 0.1) is 5.92 Å². The molecule has 1 aromatic carbocycles. The van der Waals surface area contributed by atoms with Crippen LogP contribution in [0.4, 0.5) is 0 Å². The molecule has 1 aliphatic rings. The van der Waals surface area contributed by atoms with Crippen LogP contribution in [-0.4, -0.2) is 11.5 Å². The monoisotopic (exact) mass is 308 g/mol. The molecule has 0 aliphatic carbocycles. The highest BCUT2D eigenvalue weighted by atomic mass is 79.9. The zero-order valence-electron chi connectivity index (χ0n) is 10.4. The van der Waals surface area contributed by atoms with E-state index in [-0.39, 0.29) is 6.04 Å². The molecule has 1 fully saturated rings. The lowest BCUT2D eigenvalue weighted by Gasteiger charge is -2.27. The first-order chi connectivity index (χ1) is 8.76. The van der Waals surface area contributed by atoms with Crippen molar-refractivity contribution >= 4 is 27.0 Å². The molecule has 3 rings (SSSR count). The maximum absolute atomic E-state index is 5.86. The van der Waals surface area contributed by atoms with Gasteiger partial charge >= 0.3 is 0 Å². The molecule has 2 unspecified atom stereocenters. The smallest absolute Gasteiger partial charge is 0.212 e. The fraction of sp³-hybridized carbons (Fsp3) is 0.500. The standard InChI is InChI=1S/C14H17BrN2O/c1-2-9-5-6-16-12(7-9)14-17-11-8-10(15)3-4-13(11)18-14/h3-4,8-9,12,16H,2,5-7H2,1H3. The van der Waals surface area contributed by atoms with Crippen molar-refractivity contribution in [1.29, 1.82) is 0 Å². The number of nitrogens with zero attached hydrogens (tertiary/aromatic N) is 1. The van der Waals surface area contributed by atoms with Crippen LogP contribution >= 0.6 is 15.9 Å². The van der Waals surface area contributed by atoms with Crippen molar-refractivity contribution in [1.82, 2.24) is 10.3 Å². The van der Waals surface area contributed by atoms with Gasteiger partial charge in [0.1, 0.15) is 5.52 Å². The lowest BCUT2D eigenvalue weighted by atomic mass is 9.90. The summed E-state index contributed by atoms with van der Waals surface area (Å²) < 4.78 is 6.90. The Labute approximate surface area is 115 Å². The lowest BCUT2D eigenvalue weighted by molar-refractivity contribution is 0.268. The van der Waals surface area contributed by atoms with E-state index in [1.807, 2.05) is 18.2 Å². The fourth-order valence-corrected chi connectivity index (χ4v) is 2.97. The largest absolute Gasteiger partial charge is 0.439 e. The molecular formula is C14H17BrN2O. The fourth-order valence-electron chi connectivity index (χ4n) is 2.62. The molecule has 2 heterocycles. The van der Waals surface area contributed by atoms with E-state index in [1.54, 1.807) is 0 Å². The van der Waals surface area contributed by atoms with Crippen molar-refractivity contribution in [2.24, 2.45) is 5.92 Å². The third-order valence-corrected chi connectivity index (χ3v) is 4.25. The molecule has 0 spiro atoms. The van der Waals surface area contributed by atoms with Gasteiger partial charge in [-0.05, 0) is 43.5 Å². The van der Waals surface area contributed by atoms with Gasteiger partial charge in [0.05, 0.1) is 6.04 Å². The van der Waals surface area contributed by atoms with Crippen LogP contribution in [0.2, 0.25) is 0 Å². The Kier molecular flexibility index (Phi) is 3.39. The SMILES string of the molecule is CCC1CCNC(c2nc3cc(Br)ccc3o2)C1. The van der Waals surface area contributed by atoms with Crippen LogP contribution in [0.15, 0.2) is 27.1 Å². The van der Waals surface area contributed by atoms with Gasteiger partial charge in [0.2, 0.25) is 5.89 Å². The number of rotatable bonds is 2. The van der Waals surface area contributed by atoms with Crippen LogP contribution < -0.4 is 5.32 Å². The normalized spacial score (nSPS) is 24.6. The van der Waals surface area contributed by atoms with Crippen molar-refractivity contribution in [3.05, 3.63) is 28.6 Å². The second-order valence-corrected chi connectivity index (χ2v) is 5.89. The Bertz CT molecular complexity index is 552. The van der Waals surface area contributed by atoms with Gasteiger partial charge in [0.15, 0.2) is 5.58 Å². The predicted octanol–water partition coefficient (Wildman–Crippen LogP) is 4.04. The third-order valence-electron chi connectivity index (χ3n) is 3.75. The zero-order valence-corrected chi connectivity index (χ0v) is 12.0. The number of fused-ring (bicyclic) bond motifs is 1. The summed E-state index contributed by atoms with van der Waals surface area (Å²) in [7, 11) is 0. The maximum Gasteiger partial charge on any atom is 0.212 e. The van der Waals surface area contributed by atoms with Crippen LogP contribution in [0.3, 0.4) is 0 Å². The van der Waals surface area contributed by atoms with Crippen LogP contribution in [0.25, 0.3) is 11.1 Å². The van der Waals surface area contributed by atoms with Gasteiger partial charge < -0.3 is 9.73 Å². The average molecular weight is 309 g/mol. The molecule has 1 N–H and O–H groups in total. The summed E-state index contributed by atoms with van der Waals surface area (Å²) in [5.74, 6) is 1.62. The van der Waals surface area contributed by atoms with Gasteiger partial charge in [-0.1, -0.05) is 29.3 Å². The van der Waals surface area contributed by atoms with Crippen molar-refractivity contribution in [3.63, 3.8) is 0 Å². The Balaban J connectivity index is 1.89. The number of halogens is 1. The minimum atomic E-state index is 0.273. The summed E-state index contributed by atoms with van der Waals surface area (Å²) in [6, 6.07) is 6.23. The van der Waals surface area contributed by atoms with E-state index in [2.05, 4.69) is 33.2 Å². The molecule has 4 heteroatoms. The van der Waals surface area contributed by atoms with E-state index in [0.29, 0.717) is 0 Å². The van der Waals surface area contributed by atoms with Gasteiger partial charge in [0.25, 0.3) is 0 Å². The molecule has 0 amide bonds. The first-order valence-electron chi connectivity index (χ1n) is 6.55. The van der Waals surface area contributed by atoms with E-state index < -0.39 is 0 Å². The molecule has 1 saturated heterocycles. The molecule has 0 bridgehead atoms. The van der Waals surface area contributed by atoms with E-state index >= 15 is 0 Å². The first kappa shape index (κ1) is 12.2. The van der Waals surface area contributed by atoms with Crippen LogP contribution in [0.1, 0.15) is 38.1 Å². The van der Waals surface area contributed by atoms with Gasteiger partial charge in [-0.25, -0.2) is 4.98 Å². The Morgan fingerprint density at radius 3 is 3.22 bits per heavy atom. The van der Waals surface area contributed by atoms with Gasteiger partial charge in [-0.15, -0.1) is 0 Å². The second kappa shape index (κ2) is 5.02. The number of nitrogens with one attached hydrogen (secondary N) is 1. The van der Waals surface area contributed by atoms with Crippen LogP contribution in [0.5, 0.6) is 0 Å². The molecule has 2 aromatic rings. The quantitative estimate of drug-likeness (QED) is 0.910. The minimum absolute atomic E-state index is 0.273.